The Labute approximate surface area is 145 Å². The smallest absolute Gasteiger partial charge is 0.243 e. The molecule has 0 spiro atoms. The molecule has 25 heavy (non-hydrogen) atoms. The van der Waals surface area contributed by atoms with Gasteiger partial charge in [0.2, 0.25) is 17.6 Å². The Kier molecular flexibility index (Phi) is 4.76. The van der Waals surface area contributed by atoms with Crippen LogP contribution in [0.1, 0.15) is 11.1 Å². The first kappa shape index (κ1) is 16.7. The summed E-state index contributed by atoms with van der Waals surface area (Å²) in [4.78, 5) is 8.82. The summed E-state index contributed by atoms with van der Waals surface area (Å²) in [6, 6.07) is 13.5. The number of hydrogen-bond donors (Lipinski definition) is 3. The van der Waals surface area contributed by atoms with Crippen LogP contribution in [0.5, 0.6) is 11.5 Å². The molecule has 0 aromatic heterocycles. The number of para-hydroxylation sites is 1. The van der Waals surface area contributed by atoms with Crippen molar-refractivity contribution < 1.29 is 14.8 Å². The number of benzene rings is 2. The van der Waals surface area contributed by atoms with Crippen LogP contribution in [0.3, 0.4) is 0 Å². The summed E-state index contributed by atoms with van der Waals surface area (Å²) in [5.74, 6) is 2.62. The maximum Gasteiger partial charge on any atom is 0.243 e. The van der Waals surface area contributed by atoms with E-state index < -0.39 is 0 Å². The number of methoxy groups -OCH3 is 2. The van der Waals surface area contributed by atoms with Gasteiger partial charge in [-0.1, -0.05) is 18.2 Å². The summed E-state index contributed by atoms with van der Waals surface area (Å²) in [5, 5.41) is 9.32. The van der Waals surface area contributed by atoms with E-state index in [9.17, 15) is 0 Å². The molecular weight excluding hydrogens is 318 g/mol. The van der Waals surface area contributed by atoms with Crippen LogP contribution >= 0.6 is 0 Å². The summed E-state index contributed by atoms with van der Waals surface area (Å²) in [5.41, 5.74) is 8.18. The Hall–Kier alpha value is -3.19. The second kappa shape index (κ2) is 7.14. The van der Waals surface area contributed by atoms with Crippen molar-refractivity contribution in [1.82, 2.24) is 0 Å². The monoisotopic (exact) mass is 338 g/mol. The number of amidine groups is 2. The zero-order chi connectivity index (χ0) is 17.8. The second-order valence-corrected chi connectivity index (χ2v) is 5.51. The largest absolute Gasteiger partial charge is 0.493 e. The van der Waals surface area contributed by atoms with Crippen molar-refractivity contribution in [2.45, 2.75) is 6.42 Å². The Morgan fingerprint density at radius 3 is 2.64 bits per heavy atom. The molecule has 7 nitrogen and oxygen atoms in total. The van der Waals surface area contributed by atoms with Gasteiger partial charge >= 0.3 is 0 Å². The minimum Gasteiger partial charge on any atom is -0.493 e. The molecule has 0 amide bonds. The molecule has 7 heteroatoms. The third-order valence-corrected chi connectivity index (χ3v) is 3.82. The number of hydrogen-bond acceptors (Lipinski definition) is 4. The van der Waals surface area contributed by atoms with E-state index in [1.165, 1.54) is 0 Å². The summed E-state index contributed by atoms with van der Waals surface area (Å²) < 4.78 is 10.6. The summed E-state index contributed by atoms with van der Waals surface area (Å²) in [6.07, 6.45) is 0.603. The van der Waals surface area contributed by atoms with Crippen LogP contribution in [0.4, 0.5) is 5.69 Å². The molecule has 128 valence electrons. The number of quaternary nitrogens is 1. The molecule has 2 aromatic carbocycles. The number of fused-ring (bicyclic) bond motifs is 1. The molecule has 0 saturated carbocycles. The SMILES string of the molecule is COc1ccc(CC2=Nc3ccccc3/C(=N/C(=N)N)[NH2+]2)cc1OC. The third-order valence-electron chi connectivity index (χ3n) is 3.82. The molecule has 1 aliphatic heterocycles. The lowest BCUT2D eigenvalue weighted by Gasteiger charge is -2.15. The third kappa shape index (κ3) is 3.67. The van der Waals surface area contributed by atoms with E-state index in [1.807, 2.05) is 47.8 Å². The summed E-state index contributed by atoms with van der Waals surface area (Å²) in [7, 11) is 3.22. The Balaban J connectivity index is 1.93. The molecule has 0 aliphatic carbocycles. The Bertz CT molecular complexity index is 874. The Morgan fingerprint density at radius 1 is 1.16 bits per heavy atom. The van der Waals surface area contributed by atoms with Gasteiger partial charge < -0.3 is 15.2 Å². The first-order valence-electron chi connectivity index (χ1n) is 7.76. The molecule has 0 fully saturated rings. The fraction of sp³-hybridized carbons (Fsp3) is 0.167. The van der Waals surface area contributed by atoms with E-state index in [0.29, 0.717) is 23.8 Å². The number of nitrogens with one attached hydrogen (secondary N) is 1. The lowest BCUT2D eigenvalue weighted by atomic mass is 10.1. The molecule has 1 aliphatic rings. The molecule has 5 N–H and O–H groups in total. The van der Waals surface area contributed by atoms with Crippen LogP contribution in [-0.2, 0) is 6.42 Å². The van der Waals surface area contributed by atoms with Crippen molar-refractivity contribution >= 4 is 23.3 Å². The van der Waals surface area contributed by atoms with Crippen LogP contribution in [0.2, 0.25) is 0 Å². The fourth-order valence-electron chi connectivity index (χ4n) is 2.72. The van der Waals surface area contributed by atoms with E-state index in [0.717, 1.165) is 22.6 Å². The quantitative estimate of drug-likeness (QED) is 0.575. The number of rotatable bonds is 4. The highest BCUT2D eigenvalue weighted by Gasteiger charge is 2.23. The van der Waals surface area contributed by atoms with Gasteiger partial charge in [0.1, 0.15) is 0 Å². The molecule has 2 aromatic rings. The van der Waals surface area contributed by atoms with Gasteiger partial charge in [0.15, 0.2) is 11.5 Å². The van der Waals surface area contributed by atoms with Crippen molar-refractivity contribution in [3.8, 4) is 11.5 Å². The lowest BCUT2D eigenvalue weighted by Crippen LogP contribution is -2.93. The van der Waals surface area contributed by atoms with E-state index in [4.69, 9.17) is 25.6 Å². The van der Waals surface area contributed by atoms with E-state index in [1.54, 1.807) is 14.2 Å². The maximum absolute atomic E-state index is 7.46. The highest BCUT2D eigenvalue weighted by Crippen LogP contribution is 2.28. The van der Waals surface area contributed by atoms with Crippen molar-refractivity contribution in [3.05, 3.63) is 53.6 Å². The van der Waals surface area contributed by atoms with Crippen LogP contribution in [-0.4, -0.2) is 31.9 Å². The fourth-order valence-corrected chi connectivity index (χ4v) is 2.72. The zero-order valence-corrected chi connectivity index (χ0v) is 14.1. The number of nitrogens with two attached hydrogens (primary N) is 2. The minimum atomic E-state index is -0.228. The topological polar surface area (TPSA) is 110 Å². The Morgan fingerprint density at radius 2 is 1.92 bits per heavy atom. The van der Waals surface area contributed by atoms with Gasteiger partial charge in [-0.3, -0.25) is 10.7 Å². The predicted octanol–water partition coefficient (Wildman–Crippen LogP) is 1.19. The number of nitrogens with zero attached hydrogens (tertiary/aromatic N) is 2. The highest BCUT2D eigenvalue weighted by molar-refractivity contribution is 6.08. The molecule has 0 saturated heterocycles. The van der Waals surface area contributed by atoms with Gasteiger partial charge in [-0.2, -0.15) is 9.98 Å². The van der Waals surface area contributed by atoms with Crippen molar-refractivity contribution in [1.29, 1.82) is 5.41 Å². The molecular formula is C18H20N5O2+. The normalized spacial score (nSPS) is 14.6. The van der Waals surface area contributed by atoms with Crippen molar-refractivity contribution in [3.63, 3.8) is 0 Å². The van der Waals surface area contributed by atoms with Crippen LogP contribution in [0.25, 0.3) is 0 Å². The zero-order valence-electron chi connectivity index (χ0n) is 14.1. The second-order valence-electron chi connectivity index (χ2n) is 5.51. The van der Waals surface area contributed by atoms with Crippen molar-refractivity contribution in [2.75, 3.05) is 14.2 Å². The molecule has 1 heterocycles. The van der Waals surface area contributed by atoms with Gasteiger partial charge in [-0.25, -0.2) is 0 Å². The number of aliphatic imine (C=N–C) groups is 2. The average Bonchev–Trinajstić information content (AvgIpc) is 2.61. The maximum atomic E-state index is 7.46. The minimum absolute atomic E-state index is 0.228. The molecule has 0 radical (unpaired) electrons. The standard InChI is InChI=1S/C18H19N5O2/c1-24-14-8-7-11(9-15(14)25-2)10-16-21-13-6-4-3-5-12(13)17(22-16)23-18(19)20/h3-9H,10H2,1-2H3,(H4,19,20,21,22,23)/p+1. The van der Waals surface area contributed by atoms with Gasteiger partial charge in [-0.15, -0.1) is 0 Å². The highest BCUT2D eigenvalue weighted by atomic mass is 16.5. The number of ether oxygens (including phenoxy) is 2. The predicted molar refractivity (Wildman–Crippen MR) is 97.2 cm³/mol. The molecule has 0 bridgehead atoms. The lowest BCUT2D eigenvalue weighted by molar-refractivity contribution is -0.410. The first-order valence-corrected chi connectivity index (χ1v) is 7.76. The van der Waals surface area contributed by atoms with Crippen LogP contribution < -0.4 is 20.5 Å². The van der Waals surface area contributed by atoms with Gasteiger partial charge in [-0.05, 0) is 29.8 Å². The van der Waals surface area contributed by atoms with E-state index in [2.05, 4.69) is 4.99 Å². The van der Waals surface area contributed by atoms with Gasteiger partial charge in [0, 0.05) is 0 Å². The molecule has 3 rings (SSSR count). The molecule has 0 unspecified atom stereocenters. The summed E-state index contributed by atoms with van der Waals surface area (Å²) in [6.45, 7) is 0. The summed E-state index contributed by atoms with van der Waals surface area (Å²) >= 11 is 0. The van der Waals surface area contributed by atoms with E-state index in [-0.39, 0.29) is 5.96 Å². The van der Waals surface area contributed by atoms with Crippen LogP contribution in [0.15, 0.2) is 52.4 Å². The molecule has 0 atom stereocenters. The first-order chi connectivity index (χ1) is 12.1. The average molecular weight is 338 g/mol. The van der Waals surface area contributed by atoms with Gasteiger partial charge in [0.25, 0.3) is 0 Å². The number of guanidine groups is 1. The van der Waals surface area contributed by atoms with Gasteiger partial charge in [0.05, 0.1) is 31.9 Å². The van der Waals surface area contributed by atoms with E-state index >= 15 is 0 Å². The van der Waals surface area contributed by atoms with Crippen molar-refractivity contribution in [2.24, 2.45) is 15.7 Å². The van der Waals surface area contributed by atoms with Crippen LogP contribution in [0, 0.1) is 5.41 Å².